The second-order valence-corrected chi connectivity index (χ2v) is 5.98. The quantitative estimate of drug-likeness (QED) is 0.555. The molecule has 0 bridgehead atoms. The van der Waals surface area contributed by atoms with Gasteiger partial charge in [0.15, 0.2) is 11.3 Å². The zero-order valence-electron chi connectivity index (χ0n) is 13.3. The summed E-state index contributed by atoms with van der Waals surface area (Å²) < 4.78 is 3.32. The number of carbonyl (C=O) groups excluding carboxylic acids is 1. The number of rotatable bonds is 3. The third-order valence-electron chi connectivity index (χ3n) is 3.71. The molecule has 0 saturated heterocycles. The van der Waals surface area contributed by atoms with Crippen molar-refractivity contribution in [3.63, 3.8) is 0 Å². The van der Waals surface area contributed by atoms with Gasteiger partial charge in [0.25, 0.3) is 0 Å². The summed E-state index contributed by atoms with van der Waals surface area (Å²) in [6.07, 6.45) is 4.87. The first-order valence-corrected chi connectivity index (χ1v) is 7.97. The maximum Gasteiger partial charge on any atom is 0.344 e. The lowest BCUT2D eigenvalue weighted by Crippen LogP contribution is -2.37. The van der Waals surface area contributed by atoms with Crippen molar-refractivity contribution < 1.29 is 9.48 Å². The summed E-state index contributed by atoms with van der Waals surface area (Å²) in [5.41, 5.74) is 2.61. The molecule has 0 aliphatic heterocycles. The second kappa shape index (κ2) is 6.03. The number of anilines is 1. The van der Waals surface area contributed by atoms with E-state index in [1.165, 1.54) is 6.20 Å². The van der Waals surface area contributed by atoms with E-state index >= 15 is 0 Å². The Labute approximate surface area is 147 Å². The first-order chi connectivity index (χ1) is 12.1. The summed E-state index contributed by atoms with van der Waals surface area (Å²) in [5.74, 6) is 0.309. The van der Waals surface area contributed by atoms with Gasteiger partial charge in [0, 0.05) is 23.5 Å². The molecule has 2 N–H and O–H groups in total. The zero-order valence-corrected chi connectivity index (χ0v) is 14.0. The van der Waals surface area contributed by atoms with Crippen LogP contribution in [0.25, 0.3) is 11.3 Å². The highest BCUT2D eigenvalue weighted by molar-refractivity contribution is 6.30. The Morgan fingerprint density at radius 2 is 2.20 bits per heavy atom. The number of hydrogen-bond acceptors (Lipinski definition) is 3. The monoisotopic (exact) mass is 353 g/mol. The molecule has 0 unspecified atom stereocenters. The van der Waals surface area contributed by atoms with Gasteiger partial charge in [0.1, 0.15) is 5.56 Å². The van der Waals surface area contributed by atoms with Crippen molar-refractivity contribution in [2.75, 3.05) is 5.32 Å². The molecule has 1 aromatic carbocycles. The molecular weight excluding hydrogens is 340 g/mol. The van der Waals surface area contributed by atoms with Crippen molar-refractivity contribution in [3.8, 4) is 5.69 Å². The topological polar surface area (TPSA) is 79.0 Å². The Bertz CT molecular complexity index is 1080. The normalized spacial score (nSPS) is 11.0. The molecule has 124 valence electrons. The fourth-order valence-corrected chi connectivity index (χ4v) is 2.80. The Morgan fingerprint density at radius 1 is 1.32 bits per heavy atom. The van der Waals surface area contributed by atoms with Crippen LogP contribution in [0, 0.1) is 6.92 Å². The summed E-state index contributed by atoms with van der Waals surface area (Å²) >= 11 is 6.07. The smallest absolute Gasteiger partial charge is 0.241 e. The van der Waals surface area contributed by atoms with Gasteiger partial charge in [-0.15, -0.1) is 4.68 Å². The lowest BCUT2D eigenvalue weighted by atomic mass is 10.3. The van der Waals surface area contributed by atoms with Gasteiger partial charge >= 0.3 is 11.7 Å². The molecule has 0 radical (unpaired) electrons. The minimum Gasteiger partial charge on any atom is -0.241 e. The minimum absolute atomic E-state index is 0.288. The van der Waals surface area contributed by atoms with Crippen molar-refractivity contribution >= 4 is 29.0 Å². The Balaban J connectivity index is 1.70. The lowest BCUT2D eigenvalue weighted by Gasteiger charge is -2.01. The van der Waals surface area contributed by atoms with Crippen LogP contribution in [0.15, 0.2) is 55.0 Å². The number of aromatic amines is 1. The highest BCUT2D eigenvalue weighted by atomic mass is 35.5. The third kappa shape index (κ3) is 2.85. The summed E-state index contributed by atoms with van der Waals surface area (Å²) in [4.78, 5) is 16.9. The Hall–Kier alpha value is -3.19. The second-order valence-electron chi connectivity index (χ2n) is 5.54. The molecule has 4 aromatic rings. The van der Waals surface area contributed by atoms with Crippen molar-refractivity contribution in [2.24, 2.45) is 0 Å². The van der Waals surface area contributed by atoms with Gasteiger partial charge in [-0.05, 0) is 25.1 Å². The summed E-state index contributed by atoms with van der Waals surface area (Å²) in [6, 6.07) is 11.0. The number of benzene rings is 1. The molecule has 0 spiro atoms. The molecule has 0 aliphatic carbocycles. The fourth-order valence-electron chi connectivity index (χ4n) is 2.62. The zero-order chi connectivity index (χ0) is 17.4. The number of halogens is 1. The third-order valence-corrected chi connectivity index (χ3v) is 3.95. The minimum atomic E-state index is -0.288. The van der Waals surface area contributed by atoms with E-state index in [9.17, 15) is 4.79 Å². The number of nitrogens with one attached hydrogen (secondary N) is 2. The highest BCUT2D eigenvalue weighted by Crippen LogP contribution is 2.15. The van der Waals surface area contributed by atoms with E-state index in [1.54, 1.807) is 33.7 Å². The van der Waals surface area contributed by atoms with Crippen molar-refractivity contribution in [3.05, 3.63) is 71.3 Å². The van der Waals surface area contributed by atoms with Crippen LogP contribution in [0.4, 0.5) is 5.82 Å². The van der Waals surface area contributed by atoms with E-state index < -0.39 is 0 Å². The predicted molar refractivity (Wildman–Crippen MR) is 93.0 cm³/mol. The van der Waals surface area contributed by atoms with E-state index in [1.807, 2.05) is 31.2 Å². The number of aromatic nitrogens is 5. The van der Waals surface area contributed by atoms with E-state index in [0.29, 0.717) is 22.1 Å². The maximum atomic E-state index is 12.7. The molecular formula is C17H14ClN6O+. The molecule has 0 aliphatic rings. The molecule has 7 nitrogen and oxygen atoms in total. The number of nitrogens with zero attached hydrogens (tertiary/aromatic N) is 4. The molecule has 25 heavy (non-hydrogen) atoms. The summed E-state index contributed by atoms with van der Waals surface area (Å²) in [5, 5.41) is 10.8. The van der Waals surface area contributed by atoms with Crippen LogP contribution in [0.1, 0.15) is 16.1 Å². The van der Waals surface area contributed by atoms with Gasteiger partial charge in [-0.25, -0.2) is 24.7 Å². The first kappa shape index (κ1) is 15.3. The van der Waals surface area contributed by atoms with Gasteiger partial charge in [0.2, 0.25) is 0 Å². The van der Waals surface area contributed by atoms with E-state index in [0.717, 1.165) is 11.4 Å². The fraction of sp³-hybridized carbons (Fsp3) is 0.0588. The van der Waals surface area contributed by atoms with Crippen molar-refractivity contribution in [1.29, 1.82) is 0 Å². The molecule has 3 heterocycles. The molecule has 8 heteroatoms. The van der Waals surface area contributed by atoms with Crippen molar-refractivity contribution in [2.45, 2.75) is 6.92 Å². The maximum absolute atomic E-state index is 12.7. The molecule has 0 saturated carbocycles. The number of hydrogen-bond donors (Lipinski definition) is 2. The molecule has 1 amide bonds. The molecule has 0 atom stereocenters. The average molecular weight is 354 g/mol. The Morgan fingerprint density at radius 3 is 3.04 bits per heavy atom. The van der Waals surface area contributed by atoms with Gasteiger partial charge in [0.05, 0.1) is 18.0 Å². The average Bonchev–Trinajstić information content (AvgIpc) is 3.18. The predicted octanol–water partition coefficient (Wildman–Crippen LogP) is 2.55. The first-order valence-electron chi connectivity index (χ1n) is 7.59. The van der Waals surface area contributed by atoms with Crippen LogP contribution < -0.4 is 10.00 Å². The van der Waals surface area contributed by atoms with Gasteiger partial charge in [-0.1, -0.05) is 17.7 Å². The van der Waals surface area contributed by atoms with Crippen LogP contribution in [-0.4, -0.2) is 25.6 Å². The van der Waals surface area contributed by atoms with Crippen LogP contribution in [0.3, 0.4) is 0 Å². The number of amides is 1. The van der Waals surface area contributed by atoms with Gasteiger partial charge < -0.3 is 0 Å². The standard InChI is InChI=1S/C17H13ClN6O/c1-11-8-15(24(22-11)13-5-2-4-12(18)9-13)21-17(25)14-10-20-23-7-3-6-19-16(14)23/h2-10H,1H3,(H,21,22,25)/p+1. The van der Waals surface area contributed by atoms with Crippen LogP contribution in [-0.2, 0) is 0 Å². The highest BCUT2D eigenvalue weighted by Gasteiger charge is 2.23. The van der Waals surface area contributed by atoms with Crippen molar-refractivity contribution in [1.82, 2.24) is 19.7 Å². The van der Waals surface area contributed by atoms with E-state index in [-0.39, 0.29) is 5.91 Å². The van der Waals surface area contributed by atoms with Gasteiger partial charge in [-0.2, -0.15) is 5.10 Å². The van der Waals surface area contributed by atoms with Crippen LogP contribution in [0.2, 0.25) is 5.02 Å². The number of fused-ring (bicyclic) bond motifs is 1. The number of aryl methyl sites for hydroxylation is 1. The summed E-state index contributed by atoms with van der Waals surface area (Å²) in [7, 11) is 0. The molecule has 4 rings (SSSR count). The summed E-state index contributed by atoms with van der Waals surface area (Å²) in [6.45, 7) is 1.91. The Kier molecular flexibility index (Phi) is 3.70. The number of H-pyrrole nitrogens is 1. The van der Waals surface area contributed by atoms with Gasteiger partial charge in [-0.3, -0.25) is 0 Å². The molecule has 0 fully saturated rings. The van der Waals surface area contributed by atoms with E-state index in [4.69, 9.17) is 11.6 Å². The number of carbonyl (C=O) groups is 1. The molecule has 3 aromatic heterocycles. The largest absolute Gasteiger partial charge is 0.344 e. The SMILES string of the molecule is Cc1cc(NC(=O)c2cnn3cccnc23)[n+](-c2cccc(Cl)c2)[nH]1. The van der Waals surface area contributed by atoms with Crippen LogP contribution in [0.5, 0.6) is 0 Å². The lowest BCUT2D eigenvalue weighted by molar-refractivity contribution is -0.641. The van der Waals surface area contributed by atoms with Crippen LogP contribution >= 0.6 is 11.6 Å². The van der Waals surface area contributed by atoms with E-state index in [2.05, 4.69) is 20.5 Å².